The highest BCUT2D eigenvalue weighted by atomic mass is 16.3. The number of aliphatic hydroxyl groups excluding tert-OH is 1. The lowest BCUT2D eigenvalue weighted by molar-refractivity contribution is -0.116. The van der Waals surface area contributed by atoms with Crippen LogP contribution < -0.4 is 10.2 Å². The molecule has 2 aromatic rings. The van der Waals surface area contributed by atoms with E-state index in [9.17, 15) is 14.7 Å². The second kappa shape index (κ2) is 7.32. The van der Waals surface area contributed by atoms with Crippen molar-refractivity contribution >= 4 is 17.5 Å². The number of aliphatic hydroxyl groups is 1. The van der Waals surface area contributed by atoms with Crippen LogP contribution in [0.15, 0.2) is 61.2 Å². The first-order valence-corrected chi connectivity index (χ1v) is 8.15. The Morgan fingerprint density at radius 3 is 2.64 bits per heavy atom. The highest BCUT2D eigenvalue weighted by Gasteiger charge is 2.27. The van der Waals surface area contributed by atoms with E-state index in [0.717, 1.165) is 16.8 Å². The Hall–Kier alpha value is -2.92. The van der Waals surface area contributed by atoms with E-state index < -0.39 is 6.10 Å². The number of amides is 2. The molecule has 0 spiro atoms. The minimum absolute atomic E-state index is 0.145. The summed E-state index contributed by atoms with van der Waals surface area (Å²) in [6, 6.07) is 14.7. The fourth-order valence-electron chi connectivity index (χ4n) is 2.95. The van der Waals surface area contributed by atoms with Crippen LogP contribution in [0.1, 0.15) is 21.5 Å². The van der Waals surface area contributed by atoms with Gasteiger partial charge in [-0.25, -0.2) is 0 Å². The molecule has 0 fully saturated rings. The Morgan fingerprint density at radius 2 is 1.92 bits per heavy atom. The molecule has 2 amide bonds. The summed E-state index contributed by atoms with van der Waals surface area (Å²) < 4.78 is 0. The maximum Gasteiger partial charge on any atom is 0.258 e. The van der Waals surface area contributed by atoms with Gasteiger partial charge in [0.2, 0.25) is 5.91 Å². The van der Waals surface area contributed by atoms with E-state index in [0.29, 0.717) is 18.5 Å². The number of rotatable bonds is 4. The minimum Gasteiger partial charge on any atom is -0.391 e. The van der Waals surface area contributed by atoms with Crippen LogP contribution in [-0.4, -0.2) is 29.6 Å². The Bertz CT molecular complexity index is 799. The van der Waals surface area contributed by atoms with Gasteiger partial charge < -0.3 is 15.3 Å². The van der Waals surface area contributed by atoms with Gasteiger partial charge in [-0.05, 0) is 35.4 Å². The van der Waals surface area contributed by atoms with E-state index in [1.54, 1.807) is 17.0 Å². The Labute approximate surface area is 146 Å². The predicted molar refractivity (Wildman–Crippen MR) is 96.3 cm³/mol. The molecule has 0 aromatic heterocycles. The van der Waals surface area contributed by atoms with Crippen molar-refractivity contribution in [1.29, 1.82) is 0 Å². The number of anilines is 1. The third-order valence-corrected chi connectivity index (χ3v) is 4.23. The average molecular weight is 336 g/mol. The maximum absolute atomic E-state index is 12.9. The standard InChI is InChI=1S/C20H20N2O3/c1-2-19(24)21-12-14-7-9-15(10-8-14)20(25)22-13-17(23)11-16-5-3-4-6-18(16)22/h2-10,17,23H,1,11-13H2,(H,21,24). The Morgan fingerprint density at radius 1 is 1.20 bits per heavy atom. The number of carbonyl (C=O) groups excluding carboxylic acids is 2. The molecule has 2 aromatic carbocycles. The summed E-state index contributed by atoms with van der Waals surface area (Å²) in [7, 11) is 0. The second-order valence-corrected chi connectivity index (χ2v) is 6.02. The highest BCUT2D eigenvalue weighted by molar-refractivity contribution is 6.06. The van der Waals surface area contributed by atoms with E-state index >= 15 is 0 Å². The van der Waals surface area contributed by atoms with Crippen LogP contribution in [0.25, 0.3) is 0 Å². The summed E-state index contributed by atoms with van der Waals surface area (Å²) in [4.78, 5) is 25.7. The lowest BCUT2D eigenvalue weighted by Crippen LogP contribution is -2.42. The molecule has 1 atom stereocenters. The third kappa shape index (κ3) is 3.78. The third-order valence-electron chi connectivity index (χ3n) is 4.23. The van der Waals surface area contributed by atoms with E-state index in [1.807, 2.05) is 36.4 Å². The number of benzene rings is 2. The van der Waals surface area contributed by atoms with Gasteiger partial charge in [0.25, 0.3) is 5.91 Å². The first-order valence-electron chi connectivity index (χ1n) is 8.15. The fourth-order valence-corrected chi connectivity index (χ4v) is 2.95. The van der Waals surface area contributed by atoms with Crippen molar-refractivity contribution in [2.75, 3.05) is 11.4 Å². The number of hydrogen-bond acceptors (Lipinski definition) is 3. The lowest BCUT2D eigenvalue weighted by atomic mass is 9.98. The maximum atomic E-state index is 12.9. The van der Waals surface area contributed by atoms with Crippen LogP contribution in [0.3, 0.4) is 0 Å². The second-order valence-electron chi connectivity index (χ2n) is 6.02. The normalized spacial score (nSPS) is 16.0. The van der Waals surface area contributed by atoms with Gasteiger partial charge in [0.1, 0.15) is 0 Å². The molecular formula is C20H20N2O3. The number of nitrogens with one attached hydrogen (secondary N) is 1. The van der Waals surface area contributed by atoms with Crippen LogP contribution in [-0.2, 0) is 17.8 Å². The van der Waals surface area contributed by atoms with Crippen molar-refractivity contribution in [3.63, 3.8) is 0 Å². The van der Waals surface area contributed by atoms with E-state index in [2.05, 4.69) is 11.9 Å². The molecule has 0 bridgehead atoms. The molecule has 0 radical (unpaired) electrons. The summed E-state index contributed by atoms with van der Waals surface area (Å²) in [5.41, 5.74) is 3.26. The van der Waals surface area contributed by atoms with Crippen molar-refractivity contribution in [2.45, 2.75) is 19.1 Å². The highest BCUT2D eigenvalue weighted by Crippen LogP contribution is 2.28. The van der Waals surface area contributed by atoms with Crippen LogP contribution in [0, 0.1) is 0 Å². The first-order chi connectivity index (χ1) is 12.1. The zero-order valence-electron chi connectivity index (χ0n) is 13.8. The molecule has 1 aliphatic rings. The van der Waals surface area contributed by atoms with Crippen molar-refractivity contribution < 1.29 is 14.7 Å². The van der Waals surface area contributed by atoms with Gasteiger partial charge in [-0.15, -0.1) is 0 Å². The van der Waals surface area contributed by atoms with Crippen molar-refractivity contribution in [3.8, 4) is 0 Å². The number of carbonyl (C=O) groups is 2. The molecule has 1 aliphatic heterocycles. The molecule has 0 saturated carbocycles. The van der Waals surface area contributed by atoms with Gasteiger partial charge in [0.15, 0.2) is 0 Å². The van der Waals surface area contributed by atoms with Crippen LogP contribution in [0.4, 0.5) is 5.69 Å². The molecule has 1 heterocycles. The van der Waals surface area contributed by atoms with Crippen molar-refractivity contribution in [1.82, 2.24) is 5.32 Å². The molecule has 0 saturated heterocycles. The van der Waals surface area contributed by atoms with Gasteiger partial charge in [0.05, 0.1) is 12.6 Å². The van der Waals surface area contributed by atoms with E-state index in [-0.39, 0.29) is 18.4 Å². The van der Waals surface area contributed by atoms with Crippen molar-refractivity contribution in [3.05, 3.63) is 77.9 Å². The zero-order chi connectivity index (χ0) is 17.8. The van der Waals surface area contributed by atoms with E-state index in [1.165, 1.54) is 6.08 Å². The smallest absolute Gasteiger partial charge is 0.258 e. The minimum atomic E-state index is -0.563. The largest absolute Gasteiger partial charge is 0.391 e. The Kier molecular flexibility index (Phi) is 4.95. The first kappa shape index (κ1) is 16.9. The van der Waals surface area contributed by atoms with Gasteiger partial charge in [0, 0.05) is 24.2 Å². The van der Waals surface area contributed by atoms with E-state index in [4.69, 9.17) is 0 Å². The van der Waals surface area contributed by atoms with Crippen molar-refractivity contribution in [2.24, 2.45) is 0 Å². The van der Waals surface area contributed by atoms with Gasteiger partial charge in [-0.3, -0.25) is 9.59 Å². The van der Waals surface area contributed by atoms with Gasteiger partial charge in [-0.2, -0.15) is 0 Å². The SMILES string of the molecule is C=CC(=O)NCc1ccc(C(=O)N2CC(O)Cc3ccccc32)cc1. The average Bonchev–Trinajstić information content (AvgIpc) is 2.65. The topological polar surface area (TPSA) is 69.6 Å². The summed E-state index contributed by atoms with van der Waals surface area (Å²) in [6.45, 7) is 4.07. The number of β-amino-alcohol motifs (C(OH)–C–C–N with tert-alkyl or cyclic N) is 1. The summed E-state index contributed by atoms with van der Waals surface area (Å²) in [6.07, 6.45) is 1.21. The molecular weight excluding hydrogens is 316 g/mol. The number of hydrogen-bond donors (Lipinski definition) is 2. The molecule has 3 rings (SSSR count). The fraction of sp³-hybridized carbons (Fsp3) is 0.200. The van der Waals surface area contributed by atoms with Crippen LogP contribution >= 0.6 is 0 Å². The quantitative estimate of drug-likeness (QED) is 0.840. The molecule has 1 unspecified atom stereocenters. The molecule has 25 heavy (non-hydrogen) atoms. The number of para-hydroxylation sites is 1. The molecule has 5 heteroatoms. The summed E-state index contributed by atoms with van der Waals surface area (Å²) >= 11 is 0. The Balaban J connectivity index is 1.77. The summed E-state index contributed by atoms with van der Waals surface area (Å²) in [5.74, 6) is -0.382. The molecule has 128 valence electrons. The lowest BCUT2D eigenvalue weighted by Gasteiger charge is -2.32. The zero-order valence-corrected chi connectivity index (χ0v) is 13.8. The number of fused-ring (bicyclic) bond motifs is 1. The molecule has 5 nitrogen and oxygen atoms in total. The molecule has 2 N–H and O–H groups in total. The van der Waals surface area contributed by atoms with Crippen LogP contribution in [0.5, 0.6) is 0 Å². The predicted octanol–water partition coefficient (Wildman–Crippen LogP) is 2.05. The van der Waals surface area contributed by atoms with Gasteiger partial charge >= 0.3 is 0 Å². The molecule has 0 aliphatic carbocycles. The monoisotopic (exact) mass is 336 g/mol. The summed E-state index contributed by atoms with van der Waals surface area (Å²) in [5, 5.41) is 12.8. The number of nitrogens with zero attached hydrogens (tertiary/aromatic N) is 1. The van der Waals surface area contributed by atoms with Crippen LogP contribution in [0.2, 0.25) is 0 Å². The van der Waals surface area contributed by atoms with Gasteiger partial charge in [-0.1, -0.05) is 36.9 Å².